The highest BCUT2D eigenvalue weighted by Crippen LogP contribution is 2.39. The summed E-state index contributed by atoms with van der Waals surface area (Å²) in [6.07, 6.45) is 0.171. The number of halogens is 3. The summed E-state index contributed by atoms with van der Waals surface area (Å²) < 4.78 is 43.0. The van der Waals surface area contributed by atoms with Crippen LogP contribution >= 0.6 is 0 Å². The molecule has 7 nitrogen and oxygen atoms in total. The van der Waals surface area contributed by atoms with Gasteiger partial charge in [0.25, 0.3) is 11.2 Å². The fourth-order valence-corrected chi connectivity index (χ4v) is 2.81. The lowest BCUT2D eigenvalue weighted by atomic mass is 10.0. The van der Waals surface area contributed by atoms with Crippen LogP contribution in [0.3, 0.4) is 0 Å². The molecule has 0 aliphatic carbocycles. The normalized spacial score (nSPS) is 11.6. The Morgan fingerprint density at radius 3 is 2.57 bits per heavy atom. The zero-order chi connectivity index (χ0) is 20.5. The van der Waals surface area contributed by atoms with Crippen molar-refractivity contribution in [1.82, 2.24) is 14.3 Å². The molecule has 0 aliphatic heterocycles. The van der Waals surface area contributed by atoms with E-state index in [-0.39, 0.29) is 16.7 Å². The second-order valence-corrected chi connectivity index (χ2v) is 6.08. The third-order valence-electron chi connectivity index (χ3n) is 4.11. The van der Waals surface area contributed by atoms with Gasteiger partial charge in [0, 0.05) is 42.7 Å². The summed E-state index contributed by atoms with van der Waals surface area (Å²) in [5.41, 5.74) is -1.50. The third kappa shape index (κ3) is 3.80. The van der Waals surface area contributed by atoms with Crippen LogP contribution in [0.25, 0.3) is 16.8 Å². The van der Waals surface area contributed by atoms with Crippen molar-refractivity contribution in [2.24, 2.45) is 0 Å². The maximum atomic E-state index is 13.4. The molecule has 0 fully saturated rings. The molecule has 0 amide bonds. The van der Waals surface area contributed by atoms with Crippen LogP contribution in [0.5, 0.6) is 0 Å². The van der Waals surface area contributed by atoms with E-state index in [4.69, 9.17) is 0 Å². The summed E-state index contributed by atoms with van der Waals surface area (Å²) in [5, 5.41) is 14.9. The highest BCUT2D eigenvalue weighted by atomic mass is 19.4. The third-order valence-corrected chi connectivity index (χ3v) is 4.11. The SMILES string of the molecule is CCCn1cc(-n2cc(-c3ccc([N+](=O)[O-])cc3C(F)(F)F)cn2)ccc1=O. The molecule has 3 rings (SSSR count). The van der Waals surface area contributed by atoms with Crippen molar-refractivity contribution in [2.45, 2.75) is 26.1 Å². The van der Waals surface area contributed by atoms with E-state index in [0.717, 1.165) is 18.6 Å². The minimum Gasteiger partial charge on any atom is -0.313 e. The number of rotatable bonds is 5. The molecule has 0 radical (unpaired) electrons. The highest BCUT2D eigenvalue weighted by molar-refractivity contribution is 5.69. The number of non-ortho nitro benzene ring substituents is 1. The minimum atomic E-state index is -4.77. The van der Waals surface area contributed by atoms with E-state index in [9.17, 15) is 28.1 Å². The Bertz CT molecular complexity index is 1090. The smallest absolute Gasteiger partial charge is 0.313 e. The van der Waals surface area contributed by atoms with Crippen molar-refractivity contribution in [2.75, 3.05) is 0 Å². The quantitative estimate of drug-likeness (QED) is 0.485. The molecule has 2 heterocycles. The first-order valence-corrected chi connectivity index (χ1v) is 8.32. The van der Waals surface area contributed by atoms with Gasteiger partial charge in [-0.15, -0.1) is 0 Å². The Hall–Kier alpha value is -3.43. The molecular weight excluding hydrogens is 377 g/mol. The average Bonchev–Trinajstić information content (AvgIpc) is 3.12. The molecule has 0 spiro atoms. The monoisotopic (exact) mass is 392 g/mol. The predicted molar refractivity (Wildman–Crippen MR) is 95.2 cm³/mol. The molecule has 2 aromatic heterocycles. The number of hydrogen-bond donors (Lipinski definition) is 0. The lowest BCUT2D eigenvalue weighted by molar-refractivity contribution is -0.385. The van der Waals surface area contributed by atoms with E-state index in [2.05, 4.69) is 5.10 Å². The highest BCUT2D eigenvalue weighted by Gasteiger charge is 2.35. The summed E-state index contributed by atoms with van der Waals surface area (Å²) in [6, 6.07) is 5.46. The topological polar surface area (TPSA) is 83.0 Å². The van der Waals surface area contributed by atoms with Gasteiger partial charge in [0.05, 0.1) is 22.4 Å². The number of nitro groups is 1. The lowest BCUT2D eigenvalue weighted by Gasteiger charge is -2.11. The zero-order valence-corrected chi connectivity index (χ0v) is 14.7. The van der Waals surface area contributed by atoms with E-state index < -0.39 is 22.4 Å². The van der Waals surface area contributed by atoms with Crippen LogP contribution in [0.2, 0.25) is 0 Å². The van der Waals surface area contributed by atoms with Gasteiger partial charge < -0.3 is 4.57 Å². The molecule has 0 aliphatic rings. The Morgan fingerprint density at radius 1 is 1.18 bits per heavy atom. The fraction of sp³-hybridized carbons (Fsp3) is 0.222. The second-order valence-electron chi connectivity index (χ2n) is 6.08. The van der Waals surface area contributed by atoms with Gasteiger partial charge in [-0.1, -0.05) is 6.92 Å². The first kappa shape index (κ1) is 19.3. The molecule has 146 valence electrons. The van der Waals surface area contributed by atoms with Crippen molar-refractivity contribution in [1.29, 1.82) is 0 Å². The molecule has 1 aromatic carbocycles. The molecule has 0 unspecified atom stereocenters. The van der Waals surface area contributed by atoms with Gasteiger partial charge in [-0.05, 0) is 24.1 Å². The standard InChI is InChI=1S/C18H15F3N4O3/c1-2-7-23-11-14(4-6-17(23)26)24-10-12(9-22-24)15-5-3-13(25(27)28)8-16(15)18(19,20)21/h3-6,8-11H,2,7H2,1H3. The summed E-state index contributed by atoms with van der Waals surface area (Å²) in [5.74, 6) is 0. The Kier molecular flexibility index (Phi) is 5.04. The molecule has 0 N–H and O–H groups in total. The van der Waals surface area contributed by atoms with Crippen molar-refractivity contribution in [3.05, 3.63) is 75.0 Å². The molecular formula is C18H15F3N4O3. The van der Waals surface area contributed by atoms with Gasteiger partial charge in [-0.25, -0.2) is 4.68 Å². The first-order chi connectivity index (χ1) is 13.2. The number of aromatic nitrogens is 3. The zero-order valence-electron chi connectivity index (χ0n) is 14.7. The van der Waals surface area contributed by atoms with Crippen molar-refractivity contribution in [3.8, 4) is 16.8 Å². The molecule has 0 saturated heterocycles. The largest absolute Gasteiger partial charge is 0.417 e. The number of benzene rings is 1. The Morgan fingerprint density at radius 2 is 1.93 bits per heavy atom. The van der Waals surface area contributed by atoms with Crippen LogP contribution in [0.4, 0.5) is 18.9 Å². The van der Waals surface area contributed by atoms with Gasteiger partial charge in [0.1, 0.15) is 0 Å². The number of pyridine rings is 1. The molecule has 0 bridgehead atoms. The molecule has 28 heavy (non-hydrogen) atoms. The number of alkyl halides is 3. The minimum absolute atomic E-state index is 0.149. The Labute approximate surface area is 156 Å². The van der Waals surface area contributed by atoms with Gasteiger partial charge in [-0.2, -0.15) is 18.3 Å². The van der Waals surface area contributed by atoms with Gasteiger partial charge in [0.15, 0.2) is 0 Å². The van der Waals surface area contributed by atoms with Gasteiger partial charge in [0.2, 0.25) is 0 Å². The van der Waals surface area contributed by atoms with Crippen LogP contribution in [-0.4, -0.2) is 19.3 Å². The summed E-state index contributed by atoms with van der Waals surface area (Å²) >= 11 is 0. The van der Waals surface area contributed by atoms with Crippen LogP contribution in [0.1, 0.15) is 18.9 Å². The van der Waals surface area contributed by atoms with Gasteiger partial charge >= 0.3 is 6.18 Å². The second kappa shape index (κ2) is 7.29. The maximum Gasteiger partial charge on any atom is 0.417 e. The number of aryl methyl sites for hydroxylation is 1. The molecule has 10 heteroatoms. The maximum absolute atomic E-state index is 13.4. The summed E-state index contributed by atoms with van der Waals surface area (Å²) in [4.78, 5) is 21.8. The van der Waals surface area contributed by atoms with Gasteiger partial charge in [-0.3, -0.25) is 14.9 Å². The van der Waals surface area contributed by atoms with E-state index in [0.29, 0.717) is 18.3 Å². The van der Waals surface area contributed by atoms with E-state index in [1.165, 1.54) is 33.8 Å². The average molecular weight is 392 g/mol. The number of nitrogens with zero attached hydrogens (tertiary/aromatic N) is 4. The number of hydrogen-bond acceptors (Lipinski definition) is 4. The van der Waals surface area contributed by atoms with E-state index >= 15 is 0 Å². The molecule has 3 aromatic rings. The molecule has 0 saturated carbocycles. The number of nitro benzene ring substituents is 1. The lowest BCUT2D eigenvalue weighted by Crippen LogP contribution is -2.19. The van der Waals surface area contributed by atoms with Crippen LogP contribution in [-0.2, 0) is 12.7 Å². The van der Waals surface area contributed by atoms with Crippen LogP contribution < -0.4 is 5.56 Å². The van der Waals surface area contributed by atoms with Crippen molar-refractivity contribution >= 4 is 5.69 Å². The van der Waals surface area contributed by atoms with Crippen LogP contribution in [0.15, 0.2) is 53.7 Å². The summed E-state index contributed by atoms with van der Waals surface area (Å²) in [7, 11) is 0. The predicted octanol–water partition coefficient (Wildman–Crippen LogP) is 4.04. The van der Waals surface area contributed by atoms with Crippen LogP contribution in [0, 0.1) is 10.1 Å². The first-order valence-electron chi connectivity index (χ1n) is 8.32. The Balaban J connectivity index is 2.06. The summed E-state index contributed by atoms with van der Waals surface area (Å²) in [6.45, 7) is 2.42. The van der Waals surface area contributed by atoms with Crippen molar-refractivity contribution in [3.63, 3.8) is 0 Å². The van der Waals surface area contributed by atoms with E-state index in [1.54, 1.807) is 6.20 Å². The molecule has 0 atom stereocenters. The van der Waals surface area contributed by atoms with Crippen molar-refractivity contribution < 1.29 is 18.1 Å². The van der Waals surface area contributed by atoms with E-state index in [1.807, 2.05) is 6.92 Å². The fourth-order valence-electron chi connectivity index (χ4n) is 2.81.